The standard InChI is InChI=1S/C26H21ClN6O2S2/c1-35-22-9-5-4-8-21(22)33-24(18-6-2-3-7-19(18)27)31-32-26(33)37-16-23-30-20(15-36-23)25(34)29-14-17-10-12-28-13-11-17/h2-13,15H,14,16H2,1H3,(H,29,34). The van der Waals surface area contributed by atoms with Gasteiger partial charge in [0.15, 0.2) is 11.0 Å². The van der Waals surface area contributed by atoms with Crippen LogP contribution in [0.4, 0.5) is 0 Å². The van der Waals surface area contributed by atoms with Crippen LogP contribution in [0.25, 0.3) is 17.1 Å². The maximum absolute atomic E-state index is 12.6. The molecule has 0 fully saturated rings. The molecule has 0 saturated heterocycles. The molecule has 3 aromatic heterocycles. The van der Waals surface area contributed by atoms with E-state index >= 15 is 0 Å². The van der Waals surface area contributed by atoms with Gasteiger partial charge >= 0.3 is 0 Å². The van der Waals surface area contributed by atoms with Crippen LogP contribution in [-0.4, -0.2) is 37.7 Å². The predicted molar refractivity (Wildman–Crippen MR) is 145 cm³/mol. The number of rotatable bonds is 9. The van der Waals surface area contributed by atoms with Gasteiger partial charge in [-0.25, -0.2) is 4.98 Å². The molecule has 5 aromatic rings. The van der Waals surface area contributed by atoms with Gasteiger partial charge in [-0.1, -0.05) is 47.6 Å². The molecule has 2 aromatic carbocycles. The summed E-state index contributed by atoms with van der Waals surface area (Å²) in [6.45, 7) is 0.412. The molecule has 8 nitrogen and oxygen atoms in total. The number of nitrogens with zero attached hydrogens (tertiary/aromatic N) is 5. The van der Waals surface area contributed by atoms with Gasteiger partial charge in [-0.3, -0.25) is 14.3 Å². The van der Waals surface area contributed by atoms with Gasteiger partial charge in [0, 0.05) is 29.9 Å². The first-order chi connectivity index (χ1) is 18.1. The third-order valence-corrected chi connectivity index (χ3v) is 7.69. The van der Waals surface area contributed by atoms with Gasteiger partial charge in [0.05, 0.1) is 23.6 Å². The largest absolute Gasteiger partial charge is 0.495 e. The van der Waals surface area contributed by atoms with Crippen molar-refractivity contribution in [2.45, 2.75) is 17.5 Å². The van der Waals surface area contributed by atoms with Crippen LogP contribution in [-0.2, 0) is 12.3 Å². The Bertz CT molecular complexity index is 1520. The molecule has 0 saturated carbocycles. The highest BCUT2D eigenvalue weighted by atomic mass is 35.5. The van der Waals surface area contributed by atoms with Crippen molar-refractivity contribution in [3.05, 3.63) is 99.7 Å². The molecule has 0 aliphatic carbocycles. The van der Waals surface area contributed by atoms with E-state index in [0.29, 0.717) is 39.7 Å². The number of methoxy groups -OCH3 is 1. The van der Waals surface area contributed by atoms with E-state index in [1.54, 1.807) is 24.9 Å². The highest BCUT2D eigenvalue weighted by molar-refractivity contribution is 7.98. The lowest BCUT2D eigenvalue weighted by Crippen LogP contribution is -2.23. The van der Waals surface area contributed by atoms with Gasteiger partial charge in [0.1, 0.15) is 16.5 Å². The van der Waals surface area contributed by atoms with Crippen LogP contribution < -0.4 is 10.1 Å². The van der Waals surface area contributed by atoms with E-state index in [2.05, 4.69) is 25.5 Å². The minimum absolute atomic E-state index is 0.220. The number of para-hydroxylation sites is 2. The van der Waals surface area contributed by atoms with E-state index in [1.165, 1.54) is 23.1 Å². The van der Waals surface area contributed by atoms with Crippen molar-refractivity contribution < 1.29 is 9.53 Å². The quantitative estimate of drug-likeness (QED) is 0.237. The summed E-state index contributed by atoms with van der Waals surface area (Å²) in [6, 6.07) is 18.9. The SMILES string of the molecule is COc1ccccc1-n1c(SCc2nc(C(=O)NCc3ccncc3)cs2)nnc1-c1ccccc1Cl. The topological polar surface area (TPSA) is 94.8 Å². The number of carbonyl (C=O) groups is 1. The van der Waals surface area contributed by atoms with E-state index in [4.69, 9.17) is 16.3 Å². The number of aromatic nitrogens is 5. The molecule has 186 valence electrons. The lowest BCUT2D eigenvalue weighted by atomic mass is 10.2. The highest BCUT2D eigenvalue weighted by Crippen LogP contribution is 2.36. The summed E-state index contributed by atoms with van der Waals surface area (Å²) in [7, 11) is 1.63. The Labute approximate surface area is 226 Å². The van der Waals surface area contributed by atoms with E-state index in [9.17, 15) is 4.79 Å². The molecule has 11 heteroatoms. The summed E-state index contributed by atoms with van der Waals surface area (Å²) < 4.78 is 7.55. The van der Waals surface area contributed by atoms with Crippen LogP contribution in [0.15, 0.2) is 83.6 Å². The third kappa shape index (κ3) is 5.66. The molecule has 1 N–H and O–H groups in total. The van der Waals surface area contributed by atoms with Gasteiger partial charge in [-0.15, -0.1) is 21.5 Å². The number of nitrogens with one attached hydrogen (secondary N) is 1. The number of carbonyl (C=O) groups excluding carboxylic acids is 1. The average Bonchev–Trinajstić information content (AvgIpc) is 3.59. The first-order valence-corrected chi connectivity index (χ1v) is 13.5. The number of hydrogen-bond donors (Lipinski definition) is 1. The number of halogens is 1. The van der Waals surface area contributed by atoms with Gasteiger partial charge in [-0.05, 0) is 42.0 Å². The Hall–Kier alpha value is -3.73. The summed E-state index contributed by atoms with van der Waals surface area (Å²) in [5.74, 6) is 1.58. The second-order valence-corrected chi connectivity index (χ2v) is 10.0. The maximum atomic E-state index is 12.6. The monoisotopic (exact) mass is 548 g/mol. The normalized spacial score (nSPS) is 10.9. The van der Waals surface area contributed by atoms with Crippen LogP contribution in [0.2, 0.25) is 5.02 Å². The number of amides is 1. The second-order valence-electron chi connectivity index (χ2n) is 7.75. The molecule has 0 unspecified atom stereocenters. The van der Waals surface area contributed by atoms with Crippen molar-refractivity contribution in [2.75, 3.05) is 7.11 Å². The van der Waals surface area contributed by atoms with Crippen LogP contribution in [0.1, 0.15) is 21.1 Å². The zero-order chi connectivity index (χ0) is 25.6. The van der Waals surface area contributed by atoms with Gasteiger partial charge in [0.2, 0.25) is 0 Å². The Balaban J connectivity index is 1.37. The second kappa shape index (κ2) is 11.5. The van der Waals surface area contributed by atoms with Gasteiger partial charge in [-0.2, -0.15) is 0 Å². The minimum atomic E-state index is -0.220. The van der Waals surface area contributed by atoms with Crippen LogP contribution in [0, 0.1) is 0 Å². The Morgan fingerprint density at radius 1 is 1.08 bits per heavy atom. The molecule has 37 heavy (non-hydrogen) atoms. The van der Waals surface area contributed by atoms with Crippen molar-refractivity contribution in [1.82, 2.24) is 30.0 Å². The van der Waals surface area contributed by atoms with Gasteiger partial charge < -0.3 is 10.1 Å². The van der Waals surface area contributed by atoms with Crippen LogP contribution >= 0.6 is 34.7 Å². The van der Waals surface area contributed by atoms with Crippen molar-refractivity contribution in [2.24, 2.45) is 0 Å². The zero-order valence-corrected chi connectivity index (χ0v) is 22.1. The summed E-state index contributed by atoms with van der Waals surface area (Å²) in [5.41, 5.74) is 2.91. The molecular formula is C26H21ClN6O2S2. The lowest BCUT2D eigenvalue weighted by Gasteiger charge is -2.14. The van der Waals surface area contributed by atoms with Crippen molar-refractivity contribution in [3.8, 4) is 22.8 Å². The molecule has 0 atom stereocenters. The van der Waals surface area contributed by atoms with E-state index < -0.39 is 0 Å². The molecular weight excluding hydrogens is 528 g/mol. The molecule has 5 rings (SSSR count). The summed E-state index contributed by atoms with van der Waals surface area (Å²) in [4.78, 5) is 21.1. The molecule has 0 spiro atoms. The molecule has 0 bridgehead atoms. The van der Waals surface area contributed by atoms with Gasteiger partial charge in [0.25, 0.3) is 5.91 Å². The summed E-state index contributed by atoms with van der Waals surface area (Å²) >= 11 is 9.40. The molecule has 1 amide bonds. The fraction of sp³-hybridized carbons (Fsp3) is 0.115. The average molecular weight is 549 g/mol. The number of ether oxygens (including phenoxy) is 1. The number of thiazole rings is 1. The predicted octanol–water partition coefficient (Wildman–Crippen LogP) is 5.67. The first-order valence-electron chi connectivity index (χ1n) is 11.2. The fourth-order valence-electron chi connectivity index (χ4n) is 3.59. The Morgan fingerprint density at radius 3 is 2.68 bits per heavy atom. The number of hydrogen-bond acceptors (Lipinski definition) is 8. The number of benzene rings is 2. The van der Waals surface area contributed by atoms with Crippen molar-refractivity contribution in [1.29, 1.82) is 0 Å². The van der Waals surface area contributed by atoms with Crippen molar-refractivity contribution in [3.63, 3.8) is 0 Å². The Morgan fingerprint density at radius 2 is 1.86 bits per heavy atom. The van der Waals surface area contributed by atoms with Crippen molar-refractivity contribution >= 4 is 40.6 Å². The smallest absolute Gasteiger partial charge is 0.271 e. The molecule has 0 radical (unpaired) electrons. The maximum Gasteiger partial charge on any atom is 0.271 e. The van der Waals surface area contributed by atoms with Crippen LogP contribution in [0.3, 0.4) is 0 Å². The third-order valence-electron chi connectivity index (χ3n) is 5.39. The lowest BCUT2D eigenvalue weighted by molar-refractivity contribution is 0.0946. The van der Waals surface area contributed by atoms with E-state index in [1.807, 2.05) is 65.2 Å². The highest BCUT2D eigenvalue weighted by Gasteiger charge is 2.21. The number of thioether (sulfide) groups is 1. The fourth-order valence-corrected chi connectivity index (χ4v) is 5.55. The summed E-state index contributed by atoms with van der Waals surface area (Å²) in [5, 5.41) is 15.6. The van der Waals surface area contributed by atoms with E-state index in [-0.39, 0.29) is 5.91 Å². The minimum Gasteiger partial charge on any atom is -0.495 e. The molecule has 0 aliphatic rings. The Kier molecular flexibility index (Phi) is 7.79. The first kappa shape index (κ1) is 24.9. The van der Waals surface area contributed by atoms with E-state index in [0.717, 1.165) is 21.8 Å². The zero-order valence-electron chi connectivity index (χ0n) is 19.7. The summed E-state index contributed by atoms with van der Waals surface area (Å²) in [6.07, 6.45) is 3.39. The molecule has 0 aliphatic heterocycles. The number of pyridine rings is 1. The molecule has 3 heterocycles. The van der Waals surface area contributed by atoms with Crippen LogP contribution in [0.5, 0.6) is 5.75 Å².